The Bertz CT molecular complexity index is 654. The van der Waals surface area contributed by atoms with E-state index < -0.39 is 37.6 Å². The topological polar surface area (TPSA) is 78.9 Å². The fourth-order valence-corrected chi connectivity index (χ4v) is 2.90. The van der Waals surface area contributed by atoms with Gasteiger partial charge in [0.2, 0.25) is 0 Å². The summed E-state index contributed by atoms with van der Waals surface area (Å²) in [5.41, 5.74) is -0.264. The van der Waals surface area contributed by atoms with E-state index in [0.29, 0.717) is 13.0 Å². The number of carbonyl (C=O) groups excluding carboxylic acids is 1. The quantitative estimate of drug-likeness (QED) is 0.614. The van der Waals surface area contributed by atoms with E-state index in [4.69, 9.17) is 20.2 Å². The molecule has 1 aromatic rings. The number of hydrogen-bond acceptors (Lipinski definition) is 6. The second-order valence-electron chi connectivity index (χ2n) is 4.32. The molecule has 0 amide bonds. The summed E-state index contributed by atoms with van der Waals surface area (Å²) in [5.74, 6) is -2.42. The fourth-order valence-electron chi connectivity index (χ4n) is 1.89. The van der Waals surface area contributed by atoms with Crippen LogP contribution in [0.4, 0.5) is 4.39 Å². The number of esters is 1. The molecule has 21 heavy (non-hydrogen) atoms. The van der Waals surface area contributed by atoms with Crippen molar-refractivity contribution in [1.82, 2.24) is 0 Å². The number of hydrogen-bond donors (Lipinski definition) is 0. The molecule has 1 heterocycles. The number of halogens is 2. The van der Waals surface area contributed by atoms with Crippen molar-refractivity contribution in [3.05, 3.63) is 23.5 Å². The van der Waals surface area contributed by atoms with Gasteiger partial charge in [0, 0.05) is 17.1 Å². The van der Waals surface area contributed by atoms with Crippen molar-refractivity contribution in [2.24, 2.45) is 0 Å². The van der Waals surface area contributed by atoms with Gasteiger partial charge in [0.05, 0.1) is 25.9 Å². The lowest BCUT2D eigenvalue weighted by atomic mass is 10.2. The maximum Gasteiger partial charge on any atom is 0.338 e. The van der Waals surface area contributed by atoms with Gasteiger partial charge in [0.25, 0.3) is 9.05 Å². The van der Waals surface area contributed by atoms with Crippen LogP contribution in [0.15, 0.2) is 17.0 Å². The molecule has 0 bridgehead atoms. The molecule has 0 radical (unpaired) electrons. The average molecular weight is 339 g/mol. The zero-order valence-corrected chi connectivity index (χ0v) is 12.5. The van der Waals surface area contributed by atoms with Crippen molar-refractivity contribution in [3.63, 3.8) is 0 Å². The Hall–Kier alpha value is -1.38. The summed E-state index contributed by atoms with van der Waals surface area (Å²) in [4.78, 5) is 11.3. The summed E-state index contributed by atoms with van der Waals surface area (Å²) in [6.45, 7) is 0.723. The molecule has 1 saturated heterocycles. The van der Waals surface area contributed by atoms with Crippen molar-refractivity contribution < 1.29 is 31.8 Å². The first-order valence-corrected chi connectivity index (χ1v) is 8.24. The Labute approximate surface area is 125 Å². The van der Waals surface area contributed by atoms with Crippen LogP contribution in [-0.2, 0) is 18.5 Å². The van der Waals surface area contributed by atoms with Crippen molar-refractivity contribution in [2.75, 3.05) is 20.3 Å². The van der Waals surface area contributed by atoms with Crippen molar-refractivity contribution in [3.8, 4) is 5.75 Å². The summed E-state index contributed by atoms with van der Waals surface area (Å²) in [5, 5.41) is 0. The molecule has 0 N–H and O–H groups in total. The molecule has 6 nitrogen and oxygen atoms in total. The molecule has 1 unspecified atom stereocenters. The van der Waals surface area contributed by atoms with Crippen LogP contribution in [0.3, 0.4) is 0 Å². The third kappa shape index (κ3) is 3.63. The monoisotopic (exact) mass is 338 g/mol. The fraction of sp³-hybridized carbons (Fsp3) is 0.417. The Morgan fingerprint density at radius 1 is 1.48 bits per heavy atom. The van der Waals surface area contributed by atoms with Gasteiger partial charge < -0.3 is 14.2 Å². The third-order valence-electron chi connectivity index (χ3n) is 2.87. The minimum Gasteiger partial charge on any atom is -0.492 e. The SMILES string of the molecule is COc1c(F)cc(C(=O)OC2CCOC2)cc1S(=O)(=O)Cl. The molecular weight excluding hydrogens is 327 g/mol. The lowest BCUT2D eigenvalue weighted by Crippen LogP contribution is -2.18. The Morgan fingerprint density at radius 2 is 2.19 bits per heavy atom. The van der Waals surface area contributed by atoms with E-state index in [-0.39, 0.29) is 12.2 Å². The van der Waals surface area contributed by atoms with Crippen LogP contribution < -0.4 is 4.74 Å². The van der Waals surface area contributed by atoms with Crippen LogP contribution in [0.2, 0.25) is 0 Å². The smallest absolute Gasteiger partial charge is 0.338 e. The van der Waals surface area contributed by atoms with Gasteiger partial charge >= 0.3 is 5.97 Å². The molecule has 1 aromatic carbocycles. The summed E-state index contributed by atoms with van der Waals surface area (Å²) in [6, 6.07) is 1.75. The van der Waals surface area contributed by atoms with Crippen LogP contribution in [-0.4, -0.2) is 40.8 Å². The van der Waals surface area contributed by atoms with Crippen LogP contribution in [0, 0.1) is 5.82 Å². The highest BCUT2D eigenvalue weighted by atomic mass is 35.7. The molecule has 9 heteroatoms. The van der Waals surface area contributed by atoms with Gasteiger partial charge in [-0.25, -0.2) is 17.6 Å². The van der Waals surface area contributed by atoms with E-state index in [1.807, 2.05) is 0 Å². The third-order valence-corrected chi connectivity index (χ3v) is 4.20. The van der Waals surface area contributed by atoms with Crippen molar-refractivity contribution >= 4 is 25.7 Å². The molecule has 116 valence electrons. The summed E-state index contributed by atoms with van der Waals surface area (Å²) >= 11 is 0. The minimum atomic E-state index is -4.28. The van der Waals surface area contributed by atoms with Gasteiger partial charge in [0.15, 0.2) is 11.6 Å². The average Bonchev–Trinajstić information content (AvgIpc) is 2.89. The van der Waals surface area contributed by atoms with Crippen molar-refractivity contribution in [2.45, 2.75) is 17.4 Å². The van der Waals surface area contributed by atoms with Gasteiger partial charge in [-0.1, -0.05) is 0 Å². The second-order valence-corrected chi connectivity index (χ2v) is 6.85. The van der Waals surface area contributed by atoms with Gasteiger partial charge in [-0.3, -0.25) is 0 Å². The maximum atomic E-state index is 13.8. The number of rotatable bonds is 4. The molecule has 2 rings (SSSR count). The van der Waals surface area contributed by atoms with Crippen LogP contribution in [0.25, 0.3) is 0 Å². The van der Waals surface area contributed by atoms with E-state index in [1.165, 1.54) is 0 Å². The van der Waals surface area contributed by atoms with E-state index in [0.717, 1.165) is 19.2 Å². The van der Waals surface area contributed by atoms with Gasteiger partial charge in [-0.15, -0.1) is 0 Å². The number of benzene rings is 1. The summed E-state index contributed by atoms with van der Waals surface area (Å²) < 4.78 is 51.5. The molecule has 1 aliphatic rings. The standard InChI is InChI=1S/C12H12ClFO6S/c1-18-11-9(14)4-7(5-10(11)21(13,16)17)12(15)20-8-2-3-19-6-8/h4-5,8H,2-3,6H2,1H3. The predicted octanol–water partition coefficient (Wildman–Crippen LogP) is 1.71. The highest BCUT2D eigenvalue weighted by molar-refractivity contribution is 8.13. The lowest BCUT2D eigenvalue weighted by molar-refractivity contribution is 0.0270. The summed E-state index contributed by atoms with van der Waals surface area (Å²) in [7, 11) is 2.03. The van der Waals surface area contributed by atoms with Crippen LogP contribution in [0.5, 0.6) is 5.75 Å². The molecule has 0 saturated carbocycles. The largest absolute Gasteiger partial charge is 0.492 e. The first-order valence-electron chi connectivity index (χ1n) is 5.94. The molecule has 1 atom stereocenters. The van der Waals surface area contributed by atoms with Crippen LogP contribution >= 0.6 is 10.7 Å². The molecule has 0 aliphatic carbocycles. The first-order chi connectivity index (χ1) is 9.82. The Kier molecular flexibility index (Phi) is 4.70. The molecule has 0 aromatic heterocycles. The molecule has 1 aliphatic heterocycles. The van der Waals surface area contributed by atoms with E-state index in [2.05, 4.69) is 4.74 Å². The maximum absolute atomic E-state index is 13.8. The van der Waals surface area contributed by atoms with E-state index in [9.17, 15) is 17.6 Å². The number of ether oxygens (including phenoxy) is 3. The van der Waals surface area contributed by atoms with E-state index in [1.54, 1.807) is 0 Å². The zero-order chi connectivity index (χ0) is 15.6. The number of carbonyl (C=O) groups is 1. The molecular formula is C12H12ClFO6S. The van der Waals surface area contributed by atoms with Gasteiger partial charge in [0.1, 0.15) is 11.0 Å². The zero-order valence-electron chi connectivity index (χ0n) is 11.0. The highest BCUT2D eigenvalue weighted by Crippen LogP contribution is 2.31. The van der Waals surface area contributed by atoms with Crippen molar-refractivity contribution in [1.29, 1.82) is 0 Å². The minimum absolute atomic E-state index is 0.255. The lowest BCUT2D eigenvalue weighted by Gasteiger charge is -2.12. The molecule has 1 fully saturated rings. The van der Waals surface area contributed by atoms with Crippen LogP contribution in [0.1, 0.15) is 16.8 Å². The Balaban J connectivity index is 2.36. The summed E-state index contributed by atoms with van der Waals surface area (Å²) in [6.07, 6.45) is 0.101. The first kappa shape index (κ1) is 16.0. The predicted molar refractivity (Wildman–Crippen MR) is 70.6 cm³/mol. The second kappa shape index (κ2) is 6.17. The molecule has 0 spiro atoms. The highest BCUT2D eigenvalue weighted by Gasteiger charge is 2.26. The Morgan fingerprint density at radius 3 is 2.71 bits per heavy atom. The van der Waals surface area contributed by atoms with Gasteiger partial charge in [-0.05, 0) is 12.1 Å². The number of methoxy groups -OCH3 is 1. The normalized spacial score (nSPS) is 18.5. The van der Waals surface area contributed by atoms with Gasteiger partial charge in [-0.2, -0.15) is 0 Å². The van der Waals surface area contributed by atoms with E-state index >= 15 is 0 Å².